The van der Waals surface area contributed by atoms with E-state index in [1.54, 1.807) is 0 Å². The molecular weight excluding hydrogens is 256 g/mol. The van der Waals surface area contributed by atoms with Crippen molar-refractivity contribution in [1.29, 1.82) is 0 Å². The monoisotopic (exact) mass is 288 g/mol. The van der Waals surface area contributed by atoms with Crippen LogP contribution in [0, 0.1) is 0 Å². The number of urea groups is 1. The minimum atomic E-state index is -0.881. The molecule has 0 heterocycles. The number of aliphatic hydroxyl groups excluding tert-OH is 2. The molecule has 0 saturated carbocycles. The van der Waals surface area contributed by atoms with Gasteiger partial charge < -0.3 is 20.8 Å². The maximum atomic E-state index is 11.3. The van der Waals surface area contributed by atoms with Crippen molar-refractivity contribution >= 4 is 6.03 Å². The third kappa shape index (κ3) is 13.6. The van der Waals surface area contributed by atoms with Crippen molar-refractivity contribution in [2.75, 3.05) is 19.7 Å². The van der Waals surface area contributed by atoms with Gasteiger partial charge in [-0.3, -0.25) is 0 Å². The Morgan fingerprint density at radius 2 is 1.50 bits per heavy atom. The van der Waals surface area contributed by atoms with Gasteiger partial charge in [-0.1, -0.05) is 58.3 Å². The third-order valence-electron chi connectivity index (χ3n) is 3.27. The van der Waals surface area contributed by atoms with E-state index in [9.17, 15) is 4.79 Å². The summed E-state index contributed by atoms with van der Waals surface area (Å²) in [7, 11) is 0. The highest BCUT2D eigenvalue weighted by molar-refractivity contribution is 5.73. The lowest BCUT2D eigenvalue weighted by atomic mass is 10.1. The van der Waals surface area contributed by atoms with E-state index < -0.39 is 6.10 Å². The zero-order valence-corrected chi connectivity index (χ0v) is 12.9. The SMILES string of the molecule is CCCCCCCCCCCNC(=O)NCC(O)CO. The van der Waals surface area contributed by atoms with Gasteiger partial charge in [-0.2, -0.15) is 0 Å². The van der Waals surface area contributed by atoms with Crippen molar-refractivity contribution in [3.8, 4) is 0 Å². The highest BCUT2D eigenvalue weighted by Gasteiger charge is 2.04. The first-order valence-electron chi connectivity index (χ1n) is 8.01. The number of unbranched alkanes of at least 4 members (excludes halogenated alkanes) is 8. The van der Waals surface area contributed by atoms with Crippen molar-refractivity contribution in [3.05, 3.63) is 0 Å². The quantitative estimate of drug-likeness (QED) is 0.392. The molecule has 0 aromatic rings. The molecule has 0 aliphatic carbocycles. The van der Waals surface area contributed by atoms with Crippen molar-refractivity contribution in [2.45, 2.75) is 70.8 Å². The van der Waals surface area contributed by atoms with Crippen LogP contribution in [0.2, 0.25) is 0 Å². The minimum absolute atomic E-state index is 0.0834. The molecule has 1 unspecified atom stereocenters. The van der Waals surface area contributed by atoms with Crippen LogP contribution in [0.4, 0.5) is 4.79 Å². The van der Waals surface area contributed by atoms with Crippen molar-refractivity contribution in [1.82, 2.24) is 10.6 Å². The Labute approximate surface area is 123 Å². The van der Waals surface area contributed by atoms with Crippen LogP contribution in [0.1, 0.15) is 64.7 Å². The van der Waals surface area contributed by atoms with Gasteiger partial charge in [0.2, 0.25) is 0 Å². The Morgan fingerprint density at radius 1 is 0.950 bits per heavy atom. The normalized spacial score (nSPS) is 12.2. The molecule has 4 N–H and O–H groups in total. The summed E-state index contributed by atoms with van der Waals surface area (Å²) in [5, 5.41) is 22.9. The molecule has 0 saturated heterocycles. The summed E-state index contributed by atoms with van der Waals surface area (Å²) >= 11 is 0. The molecule has 5 nitrogen and oxygen atoms in total. The molecule has 2 amide bonds. The summed E-state index contributed by atoms with van der Waals surface area (Å²) in [6.07, 6.45) is 10.5. The molecule has 120 valence electrons. The van der Waals surface area contributed by atoms with E-state index in [2.05, 4.69) is 17.6 Å². The van der Waals surface area contributed by atoms with Gasteiger partial charge in [-0.15, -0.1) is 0 Å². The zero-order chi connectivity index (χ0) is 15.1. The second-order valence-corrected chi connectivity index (χ2v) is 5.30. The highest BCUT2D eigenvalue weighted by Crippen LogP contribution is 2.09. The first-order chi connectivity index (χ1) is 9.70. The first-order valence-corrected chi connectivity index (χ1v) is 8.01. The fourth-order valence-corrected chi connectivity index (χ4v) is 1.98. The lowest BCUT2D eigenvalue weighted by molar-refractivity contribution is 0.0959. The van der Waals surface area contributed by atoms with Crippen LogP contribution in [-0.4, -0.2) is 42.0 Å². The van der Waals surface area contributed by atoms with Crippen LogP contribution in [-0.2, 0) is 0 Å². The predicted octanol–water partition coefficient (Wildman–Crippen LogP) is 2.17. The second-order valence-electron chi connectivity index (χ2n) is 5.30. The number of rotatable bonds is 13. The standard InChI is InChI=1S/C15H32N2O3/c1-2-3-4-5-6-7-8-9-10-11-16-15(20)17-12-14(19)13-18/h14,18-19H,2-13H2,1H3,(H2,16,17,20). The Hall–Kier alpha value is -0.810. The molecule has 20 heavy (non-hydrogen) atoms. The van der Waals surface area contributed by atoms with Gasteiger partial charge in [0.15, 0.2) is 0 Å². The molecule has 0 aromatic carbocycles. The first kappa shape index (κ1) is 19.2. The van der Waals surface area contributed by atoms with Gasteiger partial charge in [0.1, 0.15) is 0 Å². The van der Waals surface area contributed by atoms with Gasteiger partial charge in [0.05, 0.1) is 12.7 Å². The lowest BCUT2D eigenvalue weighted by Gasteiger charge is -2.10. The molecular formula is C15H32N2O3. The molecule has 0 rings (SSSR count). The third-order valence-corrected chi connectivity index (χ3v) is 3.27. The van der Waals surface area contributed by atoms with Crippen LogP contribution < -0.4 is 10.6 Å². The average molecular weight is 288 g/mol. The van der Waals surface area contributed by atoms with E-state index in [-0.39, 0.29) is 19.2 Å². The highest BCUT2D eigenvalue weighted by atomic mass is 16.3. The van der Waals surface area contributed by atoms with Crippen LogP contribution in [0.25, 0.3) is 0 Å². The van der Waals surface area contributed by atoms with Gasteiger partial charge in [0, 0.05) is 13.1 Å². The van der Waals surface area contributed by atoms with E-state index in [1.165, 1.54) is 44.9 Å². The Kier molecular flexibility index (Phi) is 14.0. The van der Waals surface area contributed by atoms with Gasteiger partial charge in [-0.05, 0) is 6.42 Å². The summed E-state index contributed by atoms with van der Waals surface area (Å²) in [6.45, 7) is 2.64. The summed E-state index contributed by atoms with van der Waals surface area (Å²) in [4.78, 5) is 11.3. The Morgan fingerprint density at radius 3 is 2.05 bits per heavy atom. The molecule has 0 spiro atoms. The van der Waals surface area contributed by atoms with Crippen molar-refractivity contribution in [2.24, 2.45) is 0 Å². The maximum absolute atomic E-state index is 11.3. The number of nitrogens with one attached hydrogen (secondary N) is 2. The van der Waals surface area contributed by atoms with E-state index in [0.717, 1.165) is 12.8 Å². The van der Waals surface area contributed by atoms with Crippen LogP contribution in [0.15, 0.2) is 0 Å². The van der Waals surface area contributed by atoms with E-state index in [1.807, 2.05) is 0 Å². The molecule has 0 aliphatic heterocycles. The molecule has 0 aromatic heterocycles. The number of amides is 2. The molecule has 0 bridgehead atoms. The summed E-state index contributed by atoms with van der Waals surface area (Å²) in [5.74, 6) is 0. The van der Waals surface area contributed by atoms with Crippen molar-refractivity contribution < 1.29 is 15.0 Å². The van der Waals surface area contributed by atoms with Gasteiger partial charge in [-0.25, -0.2) is 4.79 Å². The van der Waals surface area contributed by atoms with Crippen molar-refractivity contribution in [3.63, 3.8) is 0 Å². The Balaban J connectivity index is 3.17. The molecule has 1 atom stereocenters. The molecule has 5 heteroatoms. The number of carbonyl (C=O) groups is 1. The maximum Gasteiger partial charge on any atom is 0.314 e. The topological polar surface area (TPSA) is 81.6 Å². The lowest BCUT2D eigenvalue weighted by Crippen LogP contribution is -2.40. The number of hydrogen-bond donors (Lipinski definition) is 4. The average Bonchev–Trinajstić information content (AvgIpc) is 2.46. The largest absolute Gasteiger partial charge is 0.394 e. The number of carbonyl (C=O) groups excluding carboxylic acids is 1. The fourth-order valence-electron chi connectivity index (χ4n) is 1.98. The van der Waals surface area contributed by atoms with Gasteiger partial charge in [0.25, 0.3) is 0 Å². The second kappa shape index (κ2) is 14.6. The van der Waals surface area contributed by atoms with Crippen LogP contribution >= 0.6 is 0 Å². The van der Waals surface area contributed by atoms with Crippen LogP contribution in [0.3, 0.4) is 0 Å². The fraction of sp³-hybridized carbons (Fsp3) is 0.933. The summed E-state index contributed by atoms with van der Waals surface area (Å²) in [5.41, 5.74) is 0. The van der Waals surface area contributed by atoms with Crippen LogP contribution in [0.5, 0.6) is 0 Å². The molecule has 0 radical (unpaired) electrons. The summed E-state index contributed by atoms with van der Waals surface area (Å²) < 4.78 is 0. The van der Waals surface area contributed by atoms with Gasteiger partial charge >= 0.3 is 6.03 Å². The van der Waals surface area contributed by atoms with E-state index >= 15 is 0 Å². The number of aliphatic hydroxyl groups is 2. The summed E-state index contributed by atoms with van der Waals surface area (Å²) in [6, 6.07) is -0.280. The minimum Gasteiger partial charge on any atom is -0.394 e. The zero-order valence-electron chi connectivity index (χ0n) is 12.9. The molecule has 0 aliphatic rings. The predicted molar refractivity (Wildman–Crippen MR) is 81.7 cm³/mol. The van der Waals surface area contributed by atoms with E-state index in [4.69, 9.17) is 10.2 Å². The Bertz CT molecular complexity index is 225. The number of hydrogen-bond acceptors (Lipinski definition) is 3. The smallest absolute Gasteiger partial charge is 0.314 e. The molecule has 0 fully saturated rings. The van der Waals surface area contributed by atoms with E-state index in [0.29, 0.717) is 6.54 Å².